The van der Waals surface area contributed by atoms with Gasteiger partial charge in [-0.15, -0.1) is 0 Å². The smallest absolute Gasteiger partial charge is 0.116 e. The number of nitrogens with zero attached hydrogens (tertiary/aromatic N) is 3. The van der Waals surface area contributed by atoms with Crippen LogP contribution in [0.3, 0.4) is 0 Å². The summed E-state index contributed by atoms with van der Waals surface area (Å²) in [6, 6.07) is 4.98. The molecule has 194 valence electrons. The second-order valence-corrected chi connectivity index (χ2v) is 8.86. The molecule has 9 heteroatoms. The Morgan fingerprint density at radius 3 is 2.69 bits per heavy atom. The Bertz CT molecular complexity index is 921. The number of benzene rings is 1. The van der Waals surface area contributed by atoms with E-state index in [-0.39, 0.29) is 5.76 Å². The molecule has 0 saturated carbocycles. The average Bonchev–Trinajstić information content (AvgIpc) is 2.82. The Morgan fingerprint density at radius 1 is 1.31 bits per heavy atom. The number of nitrogen functional groups attached to an aromatic ring is 1. The molecule has 0 radical (unpaired) electrons. The first-order valence-electron chi connectivity index (χ1n) is 11.7. The Kier molecular flexibility index (Phi) is 15.8. The lowest BCUT2D eigenvalue weighted by Gasteiger charge is -2.30. The lowest BCUT2D eigenvalue weighted by atomic mass is 10.2. The summed E-state index contributed by atoms with van der Waals surface area (Å²) in [7, 11) is 1.56. The fraction of sp³-hybridized carbons (Fsp3) is 0.462. The zero-order valence-electron chi connectivity index (χ0n) is 21.1. The summed E-state index contributed by atoms with van der Waals surface area (Å²) >= 11 is 11.2. The van der Waals surface area contributed by atoms with Crippen molar-refractivity contribution in [2.75, 3.05) is 39.1 Å². The van der Waals surface area contributed by atoms with Crippen molar-refractivity contribution in [1.29, 1.82) is 0 Å². The van der Waals surface area contributed by atoms with Crippen LogP contribution >= 0.6 is 23.2 Å². The van der Waals surface area contributed by atoms with E-state index in [1.165, 1.54) is 38.4 Å². The van der Waals surface area contributed by atoms with Gasteiger partial charge in [-0.3, -0.25) is 4.90 Å². The number of hydrogen-bond donors (Lipinski definition) is 2. The topological polar surface area (TPSA) is 93.7 Å². The molecule has 2 aromatic rings. The maximum Gasteiger partial charge on any atom is 0.116 e. The first-order chi connectivity index (χ1) is 16.8. The average molecular weight is 526 g/mol. The predicted molar refractivity (Wildman–Crippen MR) is 147 cm³/mol. The summed E-state index contributed by atoms with van der Waals surface area (Å²) < 4.78 is 10.3. The van der Waals surface area contributed by atoms with E-state index in [9.17, 15) is 0 Å². The Labute approximate surface area is 219 Å². The molecule has 3 rings (SSSR count). The van der Waals surface area contributed by atoms with Crippen LogP contribution in [0.25, 0.3) is 12.2 Å². The van der Waals surface area contributed by atoms with Crippen LogP contribution in [0.2, 0.25) is 10.0 Å². The van der Waals surface area contributed by atoms with Crippen molar-refractivity contribution in [1.82, 2.24) is 14.9 Å². The SMILES string of the molecule is CCCCCN1CCOC(C)C1.CO/C=C/c1cncnc1/C=C(\C)O.Nc1ccc(Cl)c(Cl)c1. The molecule has 1 aromatic heterocycles. The van der Waals surface area contributed by atoms with Crippen LogP contribution in [0.15, 0.2) is 42.7 Å². The highest BCUT2D eigenvalue weighted by Gasteiger charge is 2.15. The lowest BCUT2D eigenvalue weighted by Crippen LogP contribution is -2.41. The van der Waals surface area contributed by atoms with Crippen LogP contribution in [-0.4, -0.2) is 59.4 Å². The van der Waals surface area contributed by atoms with Gasteiger partial charge in [-0.25, -0.2) is 9.97 Å². The molecule has 35 heavy (non-hydrogen) atoms. The number of anilines is 1. The lowest BCUT2D eigenvalue weighted by molar-refractivity contribution is -0.0185. The Hall–Kier alpha value is -2.32. The van der Waals surface area contributed by atoms with Gasteiger partial charge in [-0.1, -0.05) is 43.0 Å². The van der Waals surface area contributed by atoms with Crippen molar-refractivity contribution in [2.24, 2.45) is 0 Å². The fourth-order valence-electron chi connectivity index (χ4n) is 3.13. The number of hydrogen-bond acceptors (Lipinski definition) is 7. The number of ether oxygens (including phenoxy) is 2. The van der Waals surface area contributed by atoms with Crippen molar-refractivity contribution >= 4 is 41.0 Å². The number of morpholine rings is 1. The monoisotopic (exact) mass is 524 g/mol. The highest BCUT2D eigenvalue weighted by Crippen LogP contribution is 2.23. The minimum Gasteiger partial charge on any atom is -0.513 e. The number of aromatic nitrogens is 2. The molecular weight excluding hydrogens is 487 g/mol. The van der Waals surface area contributed by atoms with E-state index in [0.717, 1.165) is 25.3 Å². The number of methoxy groups -OCH3 is 1. The number of halogens is 2. The molecule has 7 nitrogen and oxygen atoms in total. The van der Waals surface area contributed by atoms with Crippen LogP contribution in [0.1, 0.15) is 51.3 Å². The number of rotatable bonds is 7. The van der Waals surface area contributed by atoms with Gasteiger partial charge in [0, 0.05) is 36.6 Å². The third kappa shape index (κ3) is 14.0. The second kappa shape index (κ2) is 18.0. The first-order valence-corrected chi connectivity index (χ1v) is 12.4. The standard InChI is InChI=1S/C10H12N2O2.C10H21NO.C6H5Cl2N/c1-8(13)5-10-9(3-4-14-2)6-11-7-12-10;1-3-4-5-6-11-7-8-12-10(2)9-11;7-5-2-1-4(9)3-6(5)8/h3-7,13H,1-2H3;10H,3-9H2,1-2H3;1-3H,9H2/b4-3+,8-5+;;. The van der Waals surface area contributed by atoms with Crippen LogP contribution < -0.4 is 5.73 Å². The number of allylic oxidation sites excluding steroid dienone is 1. The number of aliphatic hydroxyl groups is 1. The molecule has 0 bridgehead atoms. The molecule has 1 atom stereocenters. The Morgan fingerprint density at radius 2 is 2.09 bits per heavy atom. The van der Waals surface area contributed by atoms with Gasteiger partial charge in [0.1, 0.15) is 6.33 Å². The minimum absolute atomic E-state index is 0.204. The third-order valence-electron chi connectivity index (χ3n) is 4.85. The predicted octanol–water partition coefficient (Wildman–Crippen LogP) is 6.49. The summed E-state index contributed by atoms with van der Waals surface area (Å²) in [6.45, 7) is 10.5. The fourth-order valence-corrected chi connectivity index (χ4v) is 3.44. The largest absolute Gasteiger partial charge is 0.513 e. The van der Waals surface area contributed by atoms with E-state index < -0.39 is 0 Å². The molecule has 1 aliphatic rings. The molecular formula is C26H38Cl2N4O3. The van der Waals surface area contributed by atoms with E-state index >= 15 is 0 Å². The van der Waals surface area contributed by atoms with Gasteiger partial charge in [0.05, 0.1) is 47.6 Å². The number of nitrogens with two attached hydrogens (primary N) is 1. The highest BCUT2D eigenvalue weighted by atomic mass is 35.5. The van der Waals surface area contributed by atoms with Crippen LogP contribution in [0.4, 0.5) is 5.69 Å². The molecule has 2 heterocycles. The van der Waals surface area contributed by atoms with Gasteiger partial charge < -0.3 is 20.3 Å². The summed E-state index contributed by atoms with van der Waals surface area (Å²) in [6.07, 6.45) is 12.4. The van der Waals surface area contributed by atoms with E-state index in [1.807, 2.05) is 0 Å². The van der Waals surface area contributed by atoms with Crippen LogP contribution in [0, 0.1) is 0 Å². The normalized spacial score (nSPS) is 16.2. The van der Waals surface area contributed by atoms with Gasteiger partial charge in [-0.05, 0) is 51.1 Å². The van der Waals surface area contributed by atoms with E-state index in [4.69, 9.17) is 43.5 Å². The molecule has 0 amide bonds. The third-order valence-corrected chi connectivity index (χ3v) is 5.59. The Balaban J connectivity index is 0.000000269. The molecule has 1 fully saturated rings. The van der Waals surface area contributed by atoms with Crippen molar-refractivity contribution in [3.8, 4) is 0 Å². The molecule has 0 aliphatic carbocycles. The van der Waals surface area contributed by atoms with E-state index in [1.54, 1.807) is 50.6 Å². The number of aliphatic hydroxyl groups excluding tert-OH is 1. The molecule has 0 spiro atoms. The number of unbranched alkanes of at least 4 members (excludes halogenated alkanes) is 2. The van der Waals surface area contributed by atoms with E-state index in [2.05, 4.69) is 28.7 Å². The maximum atomic E-state index is 9.10. The zero-order valence-corrected chi connectivity index (χ0v) is 22.6. The quantitative estimate of drug-likeness (QED) is 0.243. The second-order valence-electron chi connectivity index (χ2n) is 8.05. The summed E-state index contributed by atoms with van der Waals surface area (Å²) in [4.78, 5) is 10.4. The molecule has 3 N–H and O–H groups in total. The van der Waals surface area contributed by atoms with Gasteiger partial charge in [-0.2, -0.15) is 0 Å². The molecule has 1 saturated heterocycles. The molecule has 1 aromatic carbocycles. The molecule has 1 unspecified atom stereocenters. The van der Waals surface area contributed by atoms with Gasteiger partial charge in [0.25, 0.3) is 0 Å². The molecule has 1 aliphatic heterocycles. The summed E-state index contributed by atoms with van der Waals surface area (Å²) in [5.41, 5.74) is 7.47. The van der Waals surface area contributed by atoms with Gasteiger partial charge in [0.2, 0.25) is 0 Å². The minimum atomic E-state index is 0.204. The maximum absolute atomic E-state index is 9.10. The highest BCUT2D eigenvalue weighted by molar-refractivity contribution is 6.42. The van der Waals surface area contributed by atoms with Crippen LogP contribution in [-0.2, 0) is 9.47 Å². The summed E-state index contributed by atoms with van der Waals surface area (Å²) in [5.74, 6) is 0.204. The summed E-state index contributed by atoms with van der Waals surface area (Å²) in [5, 5.41) is 10.1. The van der Waals surface area contributed by atoms with Crippen molar-refractivity contribution in [3.63, 3.8) is 0 Å². The van der Waals surface area contributed by atoms with Crippen molar-refractivity contribution in [3.05, 3.63) is 64.0 Å². The van der Waals surface area contributed by atoms with Gasteiger partial charge in [0.15, 0.2) is 0 Å². The van der Waals surface area contributed by atoms with Crippen molar-refractivity contribution < 1.29 is 14.6 Å². The van der Waals surface area contributed by atoms with Crippen LogP contribution in [0.5, 0.6) is 0 Å². The zero-order chi connectivity index (χ0) is 26.1. The first kappa shape index (κ1) is 30.7. The van der Waals surface area contributed by atoms with E-state index in [0.29, 0.717) is 27.5 Å². The van der Waals surface area contributed by atoms with Crippen molar-refractivity contribution in [2.45, 2.75) is 46.1 Å². The van der Waals surface area contributed by atoms with Gasteiger partial charge >= 0.3 is 0 Å².